The first-order chi connectivity index (χ1) is 9.19. The van der Waals surface area contributed by atoms with Crippen molar-refractivity contribution in [2.24, 2.45) is 0 Å². The number of nitrogens with two attached hydrogens (primary N) is 1. The Kier molecular flexibility index (Phi) is 4.25. The molecule has 100 valence electrons. The number of nitrogens with zero attached hydrogens (tertiary/aromatic N) is 4. The van der Waals surface area contributed by atoms with Gasteiger partial charge in [0.25, 0.3) is 0 Å². The summed E-state index contributed by atoms with van der Waals surface area (Å²) in [6, 6.07) is 7.56. The van der Waals surface area contributed by atoms with E-state index in [9.17, 15) is 0 Å². The predicted octanol–water partition coefficient (Wildman–Crippen LogP) is 1.24. The van der Waals surface area contributed by atoms with Gasteiger partial charge >= 0.3 is 0 Å². The lowest BCUT2D eigenvalue weighted by molar-refractivity contribution is 0.178. The van der Waals surface area contributed by atoms with Gasteiger partial charge in [0, 0.05) is 26.4 Å². The van der Waals surface area contributed by atoms with Crippen LogP contribution in [0.4, 0.5) is 11.6 Å². The smallest absolute Gasteiger partial charge is 0.158 e. The van der Waals surface area contributed by atoms with Crippen molar-refractivity contribution in [2.45, 2.75) is 13.2 Å². The lowest BCUT2D eigenvalue weighted by Crippen LogP contribution is -2.19. The first-order valence-electron chi connectivity index (χ1n) is 5.92. The maximum Gasteiger partial charge on any atom is 0.158 e. The Bertz CT molecular complexity index is 532. The Morgan fingerprint density at radius 3 is 2.84 bits per heavy atom. The molecule has 0 amide bonds. The molecule has 0 radical (unpaired) electrons. The van der Waals surface area contributed by atoms with Gasteiger partial charge in [0.15, 0.2) is 5.82 Å². The van der Waals surface area contributed by atoms with Crippen molar-refractivity contribution in [1.29, 1.82) is 0 Å². The zero-order valence-electron chi connectivity index (χ0n) is 11.1. The van der Waals surface area contributed by atoms with Gasteiger partial charge in [-0.15, -0.1) is 0 Å². The van der Waals surface area contributed by atoms with E-state index >= 15 is 0 Å². The molecule has 0 aromatic carbocycles. The van der Waals surface area contributed by atoms with E-state index in [1.165, 1.54) is 0 Å². The maximum atomic E-state index is 5.77. The standard InChI is InChI=1S/C13H17N5O/c1-18(8-10-5-3-4-6-15-10)13-7-11(14)16-12(17-13)9-19-2/h3-7H,8-9H2,1-2H3,(H2,14,16,17). The zero-order valence-corrected chi connectivity index (χ0v) is 11.1. The van der Waals surface area contributed by atoms with Crippen LogP contribution in [-0.2, 0) is 17.9 Å². The first kappa shape index (κ1) is 13.2. The van der Waals surface area contributed by atoms with E-state index in [-0.39, 0.29) is 0 Å². The minimum Gasteiger partial charge on any atom is -0.384 e. The molecule has 2 aromatic rings. The third-order valence-corrected chi connectivity index (χ3v) is 2.57. The summed E-state index contributed by atoms with van der Waals surface area (Å²) in [6.45, 7) is 0.999. The molecule has 0 atom stereocenters. The van der Waals surface area contributed by atoms with Crippen LogP contribution in [0, 0.1) is 0 Å². The van der Waals surface area contributed by atoms with Gasteiger partial charge in [-0.05, 0) is 12.1 Å². The van der Waals surface area contributed by atoms with Crippen molar-refractivity contribution >= 4 is 11.6 Å². The lowest BCUT2D eigenvalue weighted by atomic mass is 10.3. The van der Waals surface area contributed by atoms with E-state index in [0.717, 1.165) is 11.5 Å². The number of nitrogen functional groups attached to an aromatic ring is 1. The van der Waals surface area contributed by atoms with Gasteiger partial charge < -0.3 is 15.4 Å². The van der Waals surface area contributed by atoms with Crippen molar-refractivity contribution < 1.29 is 4.74 Å². The molecule has 6 nitrogen and oxygen atoms in total. The molecule has 0 aliphatic carbocycles. The van der Waals surface area contributed by atoms with E-state index < -0.39 is 0 Å². The summed E-state index contributed by atoms with van der Waals surface area (Å²) < 4.78 is 5.02. The lowest BCUT2D eigenvalue weighted by Gasteiger charge is -2.18. The number of hydrogen-bond donors (Lipinski definition) is 1. The summed E-state index contributed by atoms with van der Waals surface area (Å²) in [7, 11) is 3.54. The third-order valence-electron chi connectivity index (χ3n) is 2.57. The maximum absolute atomic E-state index is 5.77. The van der Waals surface area contributed by atoms with Gasteiger partial charge in [-0.1, -0.05) is 6.07 Å². The van der Waals surface area contributed by atoms with Crippen LogP contribution in [0.15, 0.2) is 30.5 Å². The summed E-state index contributed by atoms with van der Waals surface area (Å²) in [6.07, 6.45) is 1.77. The number of ether oxygens (including phenoxy) is 1. The fourth-order valence-electron chi connectivity index (χ4n) is 1.71. The Morgan fingerprint density at radius 1 is 1.32 bits per heavy atom. The van der Waals surface area contributed by atoms with Crippen LogP contribution in [-0.4, -0.2) is 29.1 Å². The second-order valence-electron chi connectivity index (χ2n) is 4.18. The second kappa shape index (κ2) is 6.10. The zero-order chi connectivity index (χ0) is 13.7. The minimum atomic E-state index is 0.343. The normalized spacial score (nSPS) is 10.4. The Hall–Kier alpha value is -2.21. The predicted molar refractivity (Wildman–Crippen MR) is 73.5 cm³/mol. The molecule has 0 spiro atoms. The average molecular weight is 259 g/mol. The monoisotopic (exact) mass is 259 g/mol. The Labute approximate surface area is 112 Å². The van der Waals surface area contributed by atoms with Crippen molar-refractivity contribution in [3.05, 3.63) is 42.0 Å². The molecular formula is C13H17N5O. The average Bonchev–Trinajstić information content (AvgIpc) is 2.39. The van der Waals surface area contributed by atoms with Gasteiger partial charge in [-0.25, -0.2) is 9.97 Å². The largest absolute Gasteiger partial charge is 0.384 e. The highest BCUT2D eigenvalue weighted by Gasteiger charge is 2.08. The molecule has 0 saturated carbocycles. The topological polar surface area (TPSA) is 77.2 Å². The van der Waals surface area contributed by atoms with Crippen LogP contribution < -0.4 is 10.6 Å². The van der Waals surface area contributed by atoms with Crippen LogP contribution >= 0.6 is 0 Å². The molecular weight excluding hydrogens is 242 g/mol. The second-order valence-corrected chi connectivity index (χ2v) is 4.18. The van der Waals surface area contributed by atoms with E-state index in [1.54, 1.807) is 19.4 Å². The summed E-state index contributed by atoms with van der Waals surface area (Å²) in [4.78, 5) is 14.8. The van der Waals surface area contributed by atoms with E-state index in [1.807, 2.05) is 30.1 Å². The molecule has 0 aliphatic rings. The molecule has 0 bridgehead atoms. The molecule has 0 saturated heterocycles. The SMILES string of the molecule is COCc1nc(N)cc(N(C)Cc2ccccn2)n1. The van der Waals surface area contributed by atoms with Crippen LogP contribution in [0.3, 0.4) is 0 Å². The molecule has 2 heterocycles. The summed E-state index contributed by atoms with van der Waals surface area (Å²) in [5.74, 6) is 1.76. The fraction of sp³-hybridized carbons (Fsp3) is 0.308. The van der Waals surface area contributed by atoms with Crippen LogP contribution in [0.5, 0.6) is 0 Å². The van der Waals surface area contributed by atoms with Crippen LogP contribution in [0.1, 0.15) is 11.5 Å². The number of aromatic nitrogens is 3. The van der Waals surface area contributed by atoms with Crippen LogP contribution in [0.2, 0.25) is 0 Å². The molecule has 6 heteroatoms. The number of pyridine rings is 1. The Morgan fingerprint density at radius 2 is 2.16 bits per heavy atom. The van der Waals surface area contributed by atoms with E-state index in [0.29, 0.717) is 24.8 Å². The molecule has 2 rings (SSSR count). The summed E-state index contributed by atoms with van der Waals surface area (Å²) >= 11 is 0. The highest BCUT2D eigenvalue weighted by atomic mass is 16.5. The minimum absolute atomic E-state index is 0.343. The fourth-order valence-corrected chi connectivity index (χ4v) is 1.71. The third kappa shape index (κ3) is 3.62. The van der Waals surface area contributed by atoms with Gasteiger partial charge in [0.2, 0.25) is 0 Å². The number of rotatable bonds is 5. The number of hydrogen-bond acceptors (Lipinski definition) is 6. The molecule has 0 aliphatic heterocycles. The highest BCUT2D eigenvalue weighted by molar-refractivity contribution is 5.46. The van der Waals surface area contributed by atoms with Gasteiger partial charge in [-0.3, -0.25) is 4.98 Å². The summed E-state index contributed by atoms with van der Waals surface area (Å²) in [5, 5.41) is 0. The first-order valence-corrected chi connectivity index (χ1v) is 5.92. The van der Waals surface area contributed by atoms with Crippen molar-refractivity contribution in [3.8, 4) is 0 Å². The van der Waals surface area contributed by atoms with Crippen molar-refractivity contribution in [1.82, 2.24) is 15.0 Å². The van der Waals surface area contributed by atoms with Gasteiger partial charge in [-0.2, -0.15) is 0 Å². The highest BCUT2D eigenvalue weighted by Crippen LogP contribution is 2.15. The van der Waals surface area contributed by atoms with E-state index in [2.05, 4.69) is 15.0 Å². The van der Waals surface area contributed by atoms with E-state index in [4.69, 9.17) is 10.5 Å². The molecule has 0 unspecified atom stereocenters. The van der Waals surface area contributed by atoms with Crippen molar-refractivity contribution in [2.75, 3.05) is 24.8 Å². The van der Waals surface area contributed by atoms with Crippen molar-refractivity contribution in [3.63, 3.8) is 0 Å². The van der Waals surface area contributed by atoms with Gasteiger partial charge in [0.1, 0.15) is 18.2 Å². The quantitative estimate of drug-likeness (QED) is 0.870. The van der Waals surface area contributed by atoms with Gasteiger partial charge in [0.05, 0.1) is 12.2 Å². The molecule has 2 N–H and O–H groups in total. The summed E-state index contributed by atoms with van der Waals surface area (Å²) in [5.41, 5.74) is 6.74. The van der Waals surface area contributed by atoms with Crippen LogP contribution in [0.25, 0.3) is 0 Å². The molecule has 0 fully saturated rings. The number of methoxy groups -OCH3 is 1. The molecule has 2 aromatic heterocycles. The number of anilines is 2. The molecule has 19 heavy (non-hydrogen) atoms. The Balaban J connectivity index is 2.16.